The molecule has 4 aromatic rings. The van der Waals surface area contributed by atoms with Gasteiger partial charge in [0.05, 0.1) is 6.54 Å². The molecule has 3 aromatic heterocycles. The first kappa shape index (κ1) is 17.8. The van der Waals surface area contributed by atoms with Gasteiger partial charge in [0.25, 0.3) is 0 Å². The number of benzene rings is 1. The molecule has 0 atom stereocenters. The maximum atomic E-state index is 12.1. The van der Waals surface area contributed by atoms with E-state index in [0.717, 1.165) is 22.2 Å². The number of amides is 1. The highest BCUT2D eigenvalue weighted by Gasteiger charge is 2.11. The predicted molar refractivity (Wildman–Crippen MR) is 101 cm³/mol. The molecular weight excluding hydrogens is 358 g/mol. The van der Waals surface area contributed by atoms with Crippen LogP contribution in [0.3, 0.4) is 0 Å². The van der Waals surface area contributed by atoms with E-state index in [0.29, 0.717) is 36.9 Å². The van der Waals surface area contributed by atoms with Crippen LogP contribution in [0.4, 0.5) is 0 Å². The molecule has 1 N–H and O–H groups in total. The van der Waals surface area contributed by atoms with Crippen molar-refractivity contribution < 1.29 is 13.7 Å². The quantitative estimate of drug-likeness (QED) is 0.527. The molecule has 0 unspecified atom stereocenters. The summed E-state index contributed by atoms with van der Waals surface area (Å²) in [6.45, 7) is 2.24. The summed E-state index contributed by atoms with van der Waals surface area (Å²) in [5, 5.41) is 6.77. The van der Waals surface area contributed by atoms with E-state index >= 15 is 0 Å². The maximum absolute atomic E-state index is 12.1. The van der Waals surface area contributed by atoms with Crippen LogP contribution in [-0.2, 0) is 17.8 Å². The van der Waals surface area contributed by atoms with Crippen LogP contribution in [-0.4, -0.2) is 26.0 Å². The molecule has 0 saturated heterocycles. The lowest BCUT2D eigenvalue weighted by atomic mass is 10.2. The van der Waals surface area contributed by atoms with Crippen molar-refractivity contribution >= 4 is 17.0 Å². The minimum atomic E-state index is -0.0778. The molecule has 142 valence electrons. The minimum Gasteiger partial charge on any atom is -0.439 e. The van der Waals surface area contributed by atoms with Gasteiger partial charge in [-0.05, 0) is 37.1 Å². The van der Waals surface area contributed by atoms with Crippen LogP contribution in [0.2, 0.25) is 0 Å². The number of oxazole rings is 1. The van der Waals surface area contributed by atoms with Gasteiger partial charge in [-0.2, -0.15) is 4.98 Å². The number of carbonyl (C=O) groups is 1. The smallest absolute Gasteiger partial charge is 0.226 e. The standard InChI is InChI=1S/C20H19N5O3/c1-13-5-2-7-15-19(13)23-18(27-15)12-22-16(26)8-3-9-17-24-20(25-28-17)14-6-4-10-21-11-14/h2,4-7,10-11H,3,8-9,12H2,1H3,(H,22,26). The van der Waals surface area contributed by atoms with Crippen LogP contribution in [0.1, 0.15) is 30.2 Å². The zero-order valence-corrected chi connectivity index (χ0v) is 15.4. The number of hydrogen-bond donors (Lipinski definition) is 1. The Hall–Kier alpha value is -3.55. The molecule has 0 bridgehead atoms. The molecule has 8 heteroatoms. The summed E-state index contributed by atoms with van der Waals surface area (Å²) in [4.78, 5) is 24.8. The van der Waals surface area contributed by atoms with Gasteiger partial charge in [-0.25, -0.2) is 4.98 Å². The fraction of sp³-hybridized carbons (Fsp3) is 0.250. The van der Waals surface area contributed by atoms with Gasteiger partial charge in [0.1, 0.15) is 5.52 Å². The Labute approximate surface area is 161 Å². The average Bonchev–Trinajstić information content (AvgIpc) is 3.35. The Kier molecular flexibility index (Phi) is 5.09. The van der Waals surface area contributed by atoms with Crippen LogP contribution < -0.4 is 5.32 Å². The van der Waals surface area contributed by atoms with E-state index in [1.54, 1.807) is 12.4 Å². The van der Waals surface area contributed by atoms with Gasteiger partial charge in [-0.15, -0.1) is 0 Å². The number of nitrogens with one attached hydrogen (secondary N) is 1. The molecule has 8 nitrogen and oxygen atoms in total. The molecule has 0 aliphatic heterocycles. The van der Waals surface area contributed by atoms with Crippen LogP contribution in [0.25, 0.3) is 22.5 Å². The second-order valence-corrected chi connectivity index (χ2v) is 6.41. The van der Waals surface area contributed by atoms with Gasteiger partial charge in [0.2, 0.25) is 23.5 Å². The Balaban J connectivity index is 1.24. The number of nitrogens with zero attached hydrogens (tertiary/aromatic N) is 4. The summed E-state index contributed by atoms with van der Waals surface area (Å²) >= 11 is 0. The molecule has 28 heavy (non-hydrogen) atoms. The third-order valence-corrected chi connectivity index (χ3v) is 4.28. The average molecular weight is 377 g/mol. The monoisotopic (exact) mass is 377 g/mol. The molecular formula is C20H19N5O3. The highest BCUT2D eigenvalue weighted by molar-refractivity contribution is 5.77. The molecule has 0 aliphatic carbocycles. The summed E-state index contributed by atoms with van der Waals surface area (Å²) in [5.74, 6) is 1.42. The lowest BCUT2D eigenvalue weighted by Crippen LogP contribution is -2.22. The van der Waals surface area contributed by atoms with E-state index in [9.17, 15) is 4.79 Å². The Morgan fingerprint density at radius 2 is 2.07 bits per heavy atom. The summed E-state index contributed by atoms with van der Waals surface area (Å²) in [6, 6.07) is 9.44. The fourth-order valence-corrected chi connectivity index (χ4v) is 2.84. The van der Waals surface area contributed by atoms with Gasteiger partial charge in [-0.3, -0.25) is 9.78 Å². The van der Waals surface area contributed by atoms with E-state index in [1.807, 2.05) is 37.3 Å². The minimum absolute atomic E-state index is 0.0778. The van der Waals surface area contributed by atoms with Gasteiger partial charge in [0, 0.05) is 30.8 Å². The zero-order valence-electron chi connectivity index (χ0n) is 15.4. The first-order valence-electron chi connectivity index (χ1n) is 9.04. The first-order chi connectivity index (χ1) is 13.7. The highest BCUT2D eigenvalue weighted by atomic mass is 16.5. The molecule has 1 aromatic carbocycles. The van der Waals surface area contributed by atoms with E-state index in [4.69, 9.17) is 8.94 Å². The maximum Gasteiger partial charge on any atom is 0.226 e. The van der Waals surface area contributed by atoms with Crippen molar-refractivity contribution in [3.05, 3.63) is 60.1 Å². The zero-order chi connectivity index (χ0) is 19.3. The topological polar surface area (TPSA) is 107 Å². The molecule has 1 amide bonds. The second kappa shape index (κ2) is 7.99. The summed E-state index contributed by atoms with van der Waals surface area (Å²) in [5.41, 5.74) is 3.39. The lowest BCUT2D eigenvalue weighted by molar-refractivity contribution is -0.121. The van der Waals surface area contributed by atoms with Crippen molar-refractivity contribution in [2.75, 3.05) is 0 Å². The number of fused-ring (bicyclic) bond motifs is 1. The third-order valence-electron chi connectivity index (χ3n) is 4.28. The van der Waals surface area contributed by atoms with Crippen molar-refractivity contribution in [3.63, 3.8) is 0 Å². The van der Waals surface area contributed by atoms with E-state index in [1.165, 1.54) is 0 Å². The van der Waals surface area contributed by atoms with Crippen molar-refractivity contribution in [2.45, 2.75) is 32.7 Å². The van der Waals surface area contributed by atoms with Gasteiger partial charge in [-0.1, -0.05) is 17.3 Å². The number of pyridine rings is 1. The molecule has 0 spiro atoms. The van der Waals surface area contributed by atoms with E-state index in [2.05, 4.69) is 25.4 Å². The normalized spacial score (nSPS) is 11.0. The molecule has 0 radical (unpaired) electrons. The molecule has 0 fully saturated rings. The van der Waals surface area contributed by atoms with Crippen LogP contribution >= 0.6 is 0 Å². The number of para-hydroxylation sites is 1. The van der Waals surface area contributed by atoms with Crippen molar-refractivity contribution in [2.24, 2.45) is 0 Å². The highest BCUT2D eigenvalue weighted by Crippen LogP contribution is 2.19. The Morgan fingerprint density at radius 1 is 1.14 bits per heavy atom. The van der Waals surface area contributed by atoms with E-state index < -0.39 is 0 Å². The van der Waals surface area contributed by atoms with Crippen LogP contribution in [0, 0.1) is 6.92 Å². The lowest BCUT2D eigenvalue weighted by Gasteiger charge is -2.01. The van der Waals surface area contributed by atoms with Gasteiger partial charge in [0.15, 0.2) is 5.58 Å². The largest absolute Gasteiger partial charge is 0.439 e. The molecule has 3 heterocycles. The van der Waals surface area contributed by atoms with Gasteiger partial charge < -0.3 is 14.3 Å². The molecule has 0 saturated carbocycles. The van der Waals surface area contributed by atoms with E-state index in [-0.39, 0.29) is 12.5 Å². The Morgan fingerprint density at radius 3 is 2.89 bits per heavy atom. The SMILES string of the molecule is Cc1cccc2oc(CNC(=O)CCCc3nc(-c4cccnc4)no3)nc12. The van der Waals surface area contributed by atoms with Gasteiger partial charge >= 0.3 is 0 Å². The van der Waals surface area contributed by atoms with Crippen molar-refractivity contribution in [1.82, 2.24) is 25.4 Å². The predicted octanol–water partition coefficient (Wildman–Crippen LogP) is 3.22. The summed E-state index contributed by atoms with van der Waals surface area (Å²) < 4.78 is 10.9. The number of rotatable bonds is 7. The van der Waals surface area contributed by atoms with Crippen LogP contribution in [0.15, 0.2) is 51.7 Å². The molecule has 0 aliphatic rings. The summed E-state index contributed by atoms with van der Waals surface area (Å²) in [6.07, 6.45) is 4.85. The Bertz CT molecular complexity index is 1090. The number of aryl methyl sites for hydroxylation is 2. The van der Waals surface area contributed by atoms with Crippen LogP contribution in [0.5, 0.6) is 0 Å². The number of aromatic nitrogens is 4. The number of hydrogen-bond acceptors (Lipinski definition) is 7. The third kappa shape index (κ3) is 4.06. The summed E-state index contributed by atoms with van der Waals surface area (Å²) in [7, 11) is 0. The second-order valence-electron chi connectivity index (χ2n) is 6.41. The number of carbonyl (C=O) groups excluding carboxylic acids is 1. The van der Waals surface area contributed by atoms with Crippen molar-refractivity contribution in [1.29, 1.82) is 0 Å². The molecule has 4 rings (SSSR count). The fourth-order valence-electron chi connectivity index (χ4n) is 2.84. The van der Waals surface area contributed by atoms with Crippen molar-refractivity contribution in [3.8, 4) is 11.4 Å². The first-order valence-corrected chi connectivity index (χ1v) is 9.04.